The fraction of sp³-hybridized carbons (Fsp3) is 0. The van der Waals surface area contributed by atoms with Gasteiger partial charge in [-0.3, -0.25) is 0 Å². The molecule has 1 heterocycles. The summed E-state index contributed by atoms with van der Waals surface area (Å²) in [6.07, 6.45) is 3.75. The van der Waals surface area contributed by atoms with E-state index in [0.717, 1.165) is 0 Å². The largest absolute Gasteiger partial charge is 0.368 e. The monoisotopic (exact) mass is 295 g/mol. The Morgan fingerprint density at radius 2 is 0.870 bits per heavy atom. The molecule has 4 aromatic carbocycles. The normalized spacial score (nSPS) is 10.6. The first-order valence-corrected chi connectivity index (χ1v) is 7.80. The lowest BCUT2D eigenvalue weighted by Crippen LogP contribution is -1.79. The Bertz CT molecular complexity index is 967. The van der Waals surface area contributed by atoms with Gasteiger partial charge in [-0.05, 0) is 44.5 Å². The molecule has 0 aliphatic heterocycles. The van der Waals surface area contributed by atoms with Crippen molar-refractivity contribution >= 4 is 32.3 Å². The van der Waals surface area contributed by atoms with E-state index in [1.165, 1.54) is 32.3 Å². The Morgan fingerprint density at radius 1 is 0.391 bits per heavy atom. The summed E-state index contributed by atoms with van der Waals surface area (Å²) < 4.78 is 0. The van der Waals surface area contributed by atoms with Crippen molar-refractivity contribution in [3.8, 4) is 0 Å². The van der Waals surface area contributed by atoms with E-state index in [2.05, 4.69) is 77.8 Å². The zero-order chi connectivity index (χ0) is 15.5. The molecule has 0 saturated heterocycles. The molecule has 0 aliphatic rings. The molecule has 110 valence electrons. The Balaban J connectivity index is 0.000000233. The summed E-state index contributed by atoms with van der Waals surface area (Å²) in [5.41, 5.74) is 0. The molecule has 5 aromatic rings. The van der Waals surface area contributed by atoms with E-state index in [1.54, 1.807) is 0 Å². The zero-order valence-electron chi connectivity index (χ0n) is 12.7. The number of benzene rings is 4. The van der Waals surface area contributed by atoms with E-state index < -0.39 is 0 Å². The molecule has 23 heavy (non-hydrogen) atoms. The fourth-order valence-corrected chi connectivity index (χ4v) is 3.05. The van der Waals surface area contributed by atoms with Crippen molar-refractivity contribution in [2.45, 2.75) is 0 Å². The molecule has 1 aromatic heterocycles. The highest BCUT2D eigenvalue weighted by Gasteiger charge is 2.03. The molecule has 0 fully saturated rings. The van der Waals surface area contributed by atoms with Crippen molar-refractivity contribution in [1.29, 1.82) is 0 Å². The second-order valence-electron chi connectivity index (χ2n) is 5.55. The highest BCUT2D eigenvalue weighted by molar-refractivity contribution is 6.17. The Morgan fingerprint density at radius 3 is 1.30 bits per heavy atom. The summed E-state index contributed by atoms with van der Waals surface area (Å²) in [7, 11) is 0. The van der Waals surface area contributed by atoms with E-state index in [1.807, 2.05) is 24.5 Å². The predicted octanol–water partition coefficient (Wildman–Crippen LogP) is 6.16. The second-order valence-corrected chi connectivity index (χ2v) is 5.55. The molecule has 0 aliphatic carbocycles. The fourth-order valence-electron chi connectivity index (χ4n) is 3.05. The number of aromatic amines is 1. The summed E-state index contributed by atoms with van der Waals surface area (Å²) in [6, 6.07) is 29.9. The van der Waals surface area contributed by atoms with Crippen LogP contribution in [0, 0.1) is 0 Å². The molecule has 5 rings (SSSR count). The summed E-state index contributed by atoms with van der Waals surface area (Å²) in [4.78, 5) is 2.86. The van der Waals surface area contributed by atoms with Crippen LogP contribution in [-0.2, 0) is 0 Å². The summed E-state index contributed by atoms with van der Waals surface area (Å²) in [5.74, 6) is 0. The highest BCUT2D eigenvalue weighted by Crippen LogP contribution is 2.30. The minimum atomic E-state index is 1.31. The standard InChI is InChI=1S/C18H12.C4H5N/c1-3-7-15-13(5-1)9-11-18-16-8-4-2-6-14(16)10-12-17(15)18;1-2-4-5-3-1/h1-12H;1-5H. The van der Waals surface area contributed by atoms with Crippen LogP contribution in [0.1, 0.15) is 0 Å². The van der Waals surface area contributed by atoms with Gasteiger partial charge in [0.25, 0.3) is 0 Å². The molecule has 1 N–H and O–H groups in total. The lowest BCUT2D eigenvalue weighted by atomic mass is 9.97. The first-order chi connectivity index (χ1) is 11.4. The van der Waals surface area contributed by atoms with E-state index in [9.17, 15) is 0 Å². The van der Waals surface area contributed by atoms with Gasteiger partial charge in [0.15, 0.2) is 0 Å². The van der Waals surface area contributed by atoms with Crippen LogP contribution in [-0.4, -0.2) is 4.98 Å². The molecular formula is C22H17N. The van der Waals surface area contributed by atoms with Gasteiger partial charge in [-0.15, -0.1) is 0 Å². The van der Waals surface area contributed by atoms with Crippen molar-refractivity contribution in [3.63, 3.8) is 0 Å². The predicted molar refractivity (Wildman–Crippen MR) is 99.8 cm³/mol. The maximum absolute atomic E-state index is 2.86. The van der Waals surface area contributed by atoms with Gasteiger partial charge in [-0.2, -0.15) is 0 Å². The topological polar surface area (TPSA) is 15.8 Å². The Hall–Kier alpha value is -3.06. The van der Waals surface area contributed by atoms with E-state index in [4.69, 9.17) is 0 Å². The highest BCUT2D eigenvalue weighted by atomic mass is 14.6. The first kappa shape index (κ1) is 13.6. The smallest absolute Gasteiger partial charge is 0.000496 e. The third-order valence-electron chi connectivity index (χ3n) is 4.15. The van der Waals surface area contributed by atoms with Crippen molar-refractivity contribution in [3.05, 3.63) is 97.3 Å². The van der Waals surface area contributed by atoms with Gasteiger partial charge in [0.2, 0.25) is 0 Å². The average molecular weight is 295 g/mol. The SMILES string of the molecule is c1cc[nH]c1.c1ccc2c(c1)ccc1c3ccccc3ccc21. The summed E-state index contributed by atoms with van der Waals surface area (Å²) >= 11 is 0. The first-order valence-electron chi connectivity index (χ1n) is 7.80. The molecule has 0 radical (unpaired) electrons. The van der Waals surface area contributed by atoms with Gasteiger partial charge < -0.3 is 4.98 Å². The summed E-state index contributed by atoms with van der Waals surface area (Å²) in [5, 5.41) is 7.96. The van der Waals surface area contributed by atoms with Crippen molar-refractivity contribution in [2.24, 2.45) is 0 Å². The molecule has 1 nitrogen and oxygen atoms in total. The molecule has 1 heteroatoms. The third-order valence-corrected chi connectivity index (χ3v) is 4.15. The third kappa shape index (κ3) is 2.58. The van der Waals surface area contributed by atoms with Gasteiger partial charge >= 0.3 is 0 Å². The van der Waals surface area contributed by atoms with E-state index in [-0.39, 0.29) is 0 Å². The van der Waals surface area contributed by atoms with Crippen LogP contribution in [0.4, 0.5) is 0 Å². The van der Waals surface area contributed by atoms with Crippen LogP contribution >= 0.6 is 0 Å². The minimum absolute atomic E-state index is 1.31. The summed E-state index contributed by atoms with van der Waals surface area (Å²) in [6.45, 7) is 0. The van der Waals surface area contributed by atoms with Gasteiger partial charge in [0.05, 0.1) is 0 Å². The molecule has 0 amide bonds. The van der Waals surface area contributed by atoms with Gasteiger partial charge in [-0.1, -0.05) is 72.8 Å². The maximum Gasteiger partial charge on any atom is 0.000496 e. The lowest BCUT2D eigenvalue weighted by Gasteiger charge is -2.07. The molecule has 0 unspecified atom stereocenters. The number of nitrogens with one attached hydrogen (secondary N) is 1. The number of fused-ring (bicyclic) bond motifs is 5. The number of hydrogen-bond acceptors (Lipinski definition) is 0. The molecule has 0 saturated carbocycles. The van der Waals surface area contributed by atoms with Crippen molar-refractivity contribution in [1.82, 2.24) is 4.98 Å². The average Bonchev–Trinajstić information content (AvgIpc) is 3.21. The number of aromatic nitrogens is 1. The Kier molecular flexibility index (Phi) is 3.53. The second kappa shape index (κ2) is 5.98. The van der Waals surface area contributed by atoms with E-state index >= 15 is 0 Å². The van der Waals surface area contributed by atoms with Crippen LogP contribution in [0.3, 0.4) is 0 Å². The molecule has 0 bridgehead atoms. The van der Waals surface area contributed by atoms with Crippen LogP contribution in [0.5, 0.6) is 0 Å². The minimum Gasteiger partial charge on any atom is -0.368 e. The number of rotatable bonds is 0. The quantitative estimate of drug-likeness (QED) is 0.329. The van der Waals surface area contributed by atoms with Crippen molar-refractivity contribution in [2.75, 3.05) is 0 Å². The van der Waals surface area contributed by atoms with Gasteiger partial charge in [-0.25, -0.2) is 0 Å². The Labute approximate surface area is 135 Å². The van der Waals surface area contributed by atoms with Crippen LogP contribution in [0.25, 0.3) is 32.3 Å². The van der Waals surface area contributed by atoms with Crippen LogP contribution < -0.4 is 0 Å². The number of H-pyrrole nitrogens is 1. The molecule has 0 spiro atoms. The van der Waals surface area contributed by atoms with Crippen LogP contribution in [0.2, 0.25) is 0 Å². The van der Waals surface area contributed by atoms with Crippen LogP contribution in [0.15, 0.2) is 97.3 Å². The lowest BCUT2D eigenvalue weighted by molar-refractivity contribution is 1.42. The maximum atomic E-state index is 2.86. The number of hydrogen-bond donors (Lipinski definition) is 1. The van der Waals surface area contributed by atoms with E-state index in [0.29, 0.717) is 0 Å². The zero-order valence-corrected chi connectivity index (χ0v) is 12.7. The van der Waals surface area contributed by atoms with Gasteiger partial charge in [0, 0.05) is 12.4 Å². The van der Waals surface area contributed by atoms with Crippen molar-refractivity contribution < 1.29 is 0 Å². The molecule has 0 atom stereocenters. The molecular weight excluding hydrogens is 278 g/mol. The van der Waals surface area contributed by atoms with Gasteiger partial charge in [0.1, 0.15) is 0 Å².